The summed E-state index contributed by atoms with van der Waals surface area (Å²) in [7, 11) is 1.87. The number of nitrogens with one attached hydrogen (secondary N) is 2. The van der Waals surface area contributed by atoms with Gasteiger partial charge in [0.25, 0.3) is 0 Å². The summed E-state index contributed by atoms with van der Waals surface area (Å²) in [6.07, 6.45) is 2.82. The summed E-state index contributed by atoms with van der Waals surface area (Å²) >= 11 is 0. The molecule has 0 radical (unpaired) electrons. The Kier molecular flexibility index (Phi) is 3.60. The number of pyridine rings is 1. The van der Waals surface area contributed by atoms with Crippen molar-refractivity contribution >= 4 is 17.2 Å². The van der Waals surface area contributed by atoms with Gasteiger partial charge in [0.1, 0.15) is 5.82 Å². The van der Waals surface area contributed by atoms with Gasteiger partial charge in [-0.05, 0) is 24.1 Å². The van der Waals surface area contributed by atoms with Crippen LogP contribution in [0.25, 0.3) is 0 Å². The summed E-state index contributed by atoms with van der Waals surface area (Å²) in [6, 6.07) is 12.3. The van der Waals surface area contributed by atoms with Crippen LogP contribution in [0.5, 0.6) is 0 Å². The van der Waals surface area contributed by atoms with Gasteiger partial charge in [0, 0.05) is 30.7 Å². The number of benzene rings is 1. The number of anilines is 3. The van der Waals surface area contributed by atoms with E-state index in [2.05, 4.69) is 40.7 Å². The van der Waals surface area contributed by atoms with E-state index in [0.29, 0.717) is 0 Å². The van der Waals surface area contributed by atoms with Gasteiger partial charge in [-0.2, -0.15) is 0 Å². The minimum atomic E-state index is 0.865. The van der Waals surface area contributed by atoms with Crippen LogP contribution < -0.4 is 10.6 Å². The van der Waals surface area contributed by atoms with Crippen LogP contribution >= 0.6 is 0 Å². The summed E-state index contributed by atoms with van der Waals surface area (Å²) in [5.74, 6) is 0.865. The van der Waals surface area contributed by atoms with Gasteiger partial charge in [-0.15, -0.1) is 0 Å². The molecule has 17 heavy (non-hydrogen) atoms. The Hall–Kier alpha value is -2.03. The Bertz CT molecular complexity index is 494. The number of para-hydroxylation sites is 1. The third-order valence-electron chi connectivity index (χ3n) is 2.69. The van der Waals surface area contributed by atoms with Crippen LogP contribution in [0, 0.1) is 0 Å². The molecule has 0 aliphatic rings. The van der Waals surface area contributed by atoms with Gasteiger partial charge in [-0.3, -0.25) is 0 Å². The number of hydrogen-bond donors (Lipinski definition) is 2. The Balaban J connectivity index is 2.24. The average molecular weight is 227 g/mol. The van der Waals surface area contributed by atoms with Gasteiger partial charge in [0.15, 0.2) is 0 Å². The molecule has 1 aromatic carbocycles. The van der Waals surface area contributed by atoms with Crippen molar-refractivity contribution in [1.29, 1.82) is 0 Å². The highest BCUT2D eigenvalue weighted by atomic mass is 15.0. The van der Waals surface area contributed by atoms with Crippen LogP contribution in [-0.2, 0) is 6.42 Å². The zero-order valence-electron chi connectivity index (χ0n) is 10.2. The standard InChI is InChI=1S/C14H17N3/c1-3-11-6-4-5-7-13(11)17-12-8-9-16-14(10-12)15-2/h4-10H,3H2,1-2H3,(H2,15,16,17). The zero-order chi connectivity index (χ0) is 12.1. The van der Waals surface area contributed by atoms with Crippen molar-refractivity contribution in [1.82, 2.24) is 4.98 Å². The molecule has 2 rings (SSSR count). The van der Waals surface area contributed by atoms with Gasteiger partial charge in [-0.25, -0.2) is 4.98 Å². The van der Waals surface area contributed by atoms with Crippen LogP contribution in [-0.4, -0.2) is 12.0 Å². The van der Waals surface area contributed by atoms with Gasteiger partial charge in [-0.1, -0.05) is 25.1 Å². The lowest BCUT2D eigenvalue weighted by atomic mass is 10.1. The highest BCUT2D eigenvalue weighted by molar-refractivity contribution is 5.65. The molecule has 0 saturated heterocycles. The summed E-state index contributed by atoms with van der Waals surface area (Å²) in [4.78, 5) is 4.19. The molecule has 88 valence electrons. The third kappa shape index (κ3) is 2.75. The maximum absolute atomic E-state index is 4.19. The first-order chi connectivity index (χ1) is 8.33. The molecule has 0 bridgehead atoms. The van der Waals surface area contributed by atoms with Gasteiger partial charge < -0.3 is 10.6 Å². The summed E-state index contributed by atoms with van der Waals surface area (Å²) in [5, 5.41) is 6.45. The van der Waals surface area contributed by atoms with Crippen molar-refractivity contribution < 1.29 is 0 Å². The molecule has 0 spiro atoms. The van der Waals surface area contributed by atoms with E-state index in [1.54, 1.807) is 6.20 Å². The fourth-order valence-electron chi connectivity index (χ4n) is 1.75. The van der Waals surface area contributed by atoms with Crippen LogP contribution in [0.2, 0.25) is 0 Å². The fraction of sp³-hybridized carbons (Fsp3) is 0.214. The molecule has 1 heterocycles. The average Bonchev–Trinajstić information content (AvgIpc) is 2.39. The Labute approximate surface area is 102 Å². The number of hydrogen-bond acceptors (Lipinski definition) is 3. The van der Waals surface area contributed by atoms with E-state index < -0.39 is 0 Å². The fourth-order valence-corrected chi connectivity index (χ4v) is 1.75. The first-order valence-corrected chi connectivity index (χ1v) is 5.82. The van der Waals surface area contributed by atoms with Crippen molar-refractivity contribution in [2.24, 2.45) is 0 Å². The van der Waals surface area contributed by atoms with Gasteiger partial charge in [0.2, 0.25) is 0 Å². The number of rotatable bonds is 4. The minimum Gasteiger partial charge on any atom is -0.373 e. The minimum absolute atomic E-state index is 0.865. The highest BCUT2D eigenvalue weighted by Gasteiger charge is 2.00. The molecule has 3 heteroatoms. The number of aryl methyl sites for hydroxylation is 1. The van der Waals surface area contributed by atoms with Crippen LogP contribution in [0.4, 0.5) is 17.2 Å². The molecule has 0 fully saturated rings. The lowest BCUT2D eigenvalue weighted by Crippen LogP contribution is -1.97. The van der Waals surface area contributed by atoms with Gasteiger partial charge in [0.05, 0.1) is 0 Å². The van der Waals surface area contributed by atoms with E-state index in [9.17, 15) is 0 Å². The molecule has 0 aliphatic carbocycles. The van der Waals surface area contributed by atoms with E-state index in [1.165, 1.54) is 5.56 Å². The quantitative estimate of drug-likeness (QED) is 0.840. The molecule has 0 unspecified atom stereocenters. The van der Waals surface area contributed by atoms with E-state index in [-0.39, 0.29) is 0 Å². The summed E-state index contributed by atoms with van der Waals surface area (Å²) < 4.78 is 0. The predicted octanol–water partition coefficient (Wildman–Crippen LogP) is 3.43. The molecule has 0 atom stereocenters. The molecule has 2 N–H and O–H groups in total. The van der Waals surface area contributed by atoms with Gasteiger partial charge >= 0.3 is 0 Å². The smallest absolute Gasteiger partial charge is 0.127 e. The molecular weight excluding hydrogens is 210 g/mol. The molecule has 0 aliphatic heterocycles. The topological polar surface area (TPSA) is 37.0 Å². The SMILES string of the molecule is CCc1ccccc1Nc1ccnc(NC)c1. The third-order valence-corrected chi connectivity index (χ3v) is 2.69. The highest BCUT2D eigenvalue weighted by Crippen LogP contribution is 2.22. The van der Waals surface area contributed by atoms with Crippen molar-refractivity contribution in [3.05, 3.63) is 48.2 Å². The van der Waals surface area contributed by atoms with Crippen molar-refractivity contribution in [2.75, 3.05) is 17.7 Å². The molecule has 1 aromatic heterocycles. The van der Waals surface area contributed by atoms with E-state index >= 15 is 0 Å². The molecule has 2 aromatic rings. The first-order valence-electron chi connectivity index (χ1n) is 5.82. The second-order valence-electron chi connectivity index (χ2n) is 3.82. The van der Waals surface area contributed by atoms with E-state index in [4.69, 9.17) is 0 Å². The van der Waals surface area contributed by atoms with Crippen molar-refractivity contribution in [3.8, 4) is 0 Å². The maximum Gasteiger partial charge on any atom is 0.127 e. The molecule has 0 saturated carbocycles. The largest absolute Gasteiger partial charge is 0.373 e. The lowest BCUT2D eigenvalue weighted by molar-refractivity contribution is 1.14. The number of aromatic nitrogens is 1. The Morgan fingerprint density at radius 1 is 1.18 bits per heavy atom. The predicted molar refractivity (Wildman–Crippen MR) is 72.9 cm³/mol. The molecule has 3 nitrogen and oxygen atoms in total. The second kappa shape index (κ2) is 5.34. The van der Waals surface area contributed by atoms with Crippen molar-refractivity contribution in [2.45, 2.75) is 13.3 Å². The maximum atomic E-state index is 4.19. The van der Waals surface area contributed by atoms with E-state index in [0.717, 1.165) is 23.6 Å². The Morgan fingerprint density at radius 3 is 2.76 bits per heavy atom. The first kappa shape index (κ1) is 11.5. The summed E-state index contributed by atoms with van der Waals surface area (Å²) in [5.41, 5.74) is 3.52. The Morgan fingerprint density at radius 2 is 2.00 bits per heavy atom. The zero-order valence-corrected chi connectivity index (χ0v) is 10.2. The summed E-state index contributed by atoms with van der Waals surface area (Å²) in [6.45, 7) is 2.16. The second-order valence-corrected chi connectivity index (χ2v) is 3.82. The van der Waals surface area contributed by atoms with Crippen LogP contribution in [0.3, 0.4) is 0 Å². The van der Waals surface area contributed by atoms with Crippen LogP contribution in [0.1, 0.15) is 12.5 Å². The van der Waals surface area contributed by atoms with Crippen LogP contribution in [0.15, 0.2) is 42.6 Å². The normalized spacial score (nSPS) is 10.0. The molecule has 0 amide bonds. The number of nitrogens with zero attached hydrogens (tertiary/aromatic N) is 1. The van der Waals surface area contributed by atoms with E-state index in [1.807, 2.05) is 25.2 Å². The molecular formula is C14H17N3. The lowest BCUT2D eigenvalue weighted by Gasteiger charge is -2.11. The van der Waals surface area contributed by atoms with Crippen molar-refractivity contribution in [3.63, 3.8) is 0 Å². The monoisotopic (exact) mass is 227 g/mol.